The molecule has 0 saturated heterocycles. The van der Waals surface area contributed by atoms with Crippen molar-refractivity contribution < 1.29 is 0 Å². The molecule has 0 atom stereocenters. The molecular weight excluding hydrogens is 288 g/mol. The summed E-state index contributed by atoms with van der Waals surface area (Å²) in [5.41, 5.74) is 5.18. The summed E-state index contributed by atoms with van der Waals surface area (Å²) in [6.45, 7) is 0. The van der Waals surface area contributed by atoms with Gasteiger partial charge in [0.2, 0.25) is 0 Å². The van der Waals surface area contributed by atoms with Crippen LogP contribution in [0.5, 0.6) is 0 Å². The lowest BCUT2D eigenvalue weighted by Crippen LogP contribution is -1.95. The molecule has 0 unspecified atom stereocenters. The highest BCUT2D eigenvalue weighted by molar-refractivity contribution is 5.84. The Morgan fingerprint density at radius 3 is 1.75 bits per heavy atom. The van der Waals surface area contributed by atoms with Gasteiger partial charge in [0.1, 0.15) is 0 Å². The van der Waals surface area contributed by atoms with E-state index >= 15 is 0 Å². The second-order valence-corrected chi connectivity index (χ2v) is 6.19. The summed E-state index contributed by atoms with van der Waals surface area (Å²) in [4.78, 5) is 0. The number of hydrogen-bond acceptors (Lipinski definition) is 0. The van der Waals surface area contributed by atoms with Crippen LogP contribution in [0.3, 0.4) is 0 Å². The van der Waals surface area contributed by atoms with Crippen molar-refractivity contribution >= 4 is 0 Å². The van der Waals surface area contributed by atoms with E-state index in [4.69, 9.17) is 0 Å². The molecule has 0 heteroatoms. The molecule has 1 aliphatic rings. The number of hydrogen-bond donors (Lipinski definition) is 0. The maximum atomic E-state index is 2.25. The largest absolute Gasteiger partial charge is 0.0622 e. The smallest absolute Gasteiger partial charge is 0.00201 e. The topological polar surface area (TPSA) is 0 Å². The van der Waals surface area contributed by atoms with Crippen LogP contribution in [-0.2, 0) is 0 Å². The monoisotopic (exact) mass is 304 g/mol. The van der Waals surface area contributed by atoms with Crippen molar-refractivity contribution in [2.45, 2.75) is 0 Å². The lowest BCUT2D eigenvalue weighted by atomic mass is 9.89. The molecule has 0 saturated carbocycles. The molecule has 0 N–H and O–H groups in total. The highest BCUT2D eigenvalue weighted by Crippen LogP contribution is 2.34. The SMILES string of the molecule is c1ccc(-c2ccccc2-c2cccc3c2=c2ccccc2=3)cc1. The summed E-state index contributed by atoms with van der Waals surface area (Å²) in [6, 6.07) is 34.7. The Morgan fingerprint density at radius 2 is 0.917 bits per heavy atom. The van der Waals surface area contributed by atoms with Gasteiger partial charge in [0, 0.05) is 0 Å². The fourth-order valence-electron chi connectivity index (χ4n) is 3.75. The Morgan fingerprint density at radius 1 is 0.333 bits per heavy atom. The second-order valence-electron chi connectivity index (χ2n) is 6.19. The van der Waals surface area contributed by atoms with Crippen LogP contribution in [-0.4, -0.2) is 0 Å². The Balaban J connectivity index is 1.86. The molecule has 4 aromatic carbocycles. The fraction of sp³-hybridized carbons (Fsp3) is 0. The van der Waals surface area contributed by atoms with Crippen molar-refractivity contribution in [2.75, 3.05) is 0 Å². The van der Waals surface area contributed by atoms with E-state index in [0.29, 0.717) is 0 Å². The van der Waals surface area contributed by atoms with Crippen molar-refractivity contribution in [3.63, 3.8) is 0 Å². The average molecular weight is 304 g/mol. The third kappa shape index (κ3) is 1.87. The van der Waals surface area contributed by atoms with Gasteiger partial charge in [0.05, 0.1) is 0 Å². The second kappa shape index (κ2) is 5.21. The summed E-state index contributed by atoms with van der Waals surface area (Å²) < 4.78 is 0. The molecule has 0 heterocycles. The number of rotatable bonds is 2. The fourth-order valence-corrected chi connectivity index (χ4v) is 3.75. The average Bonchev–Trinajstić information content (AvgIpc) is 2.66. The van der Waals surface area contributed by atoms with Gasteiger partial charge in [0.15, 0.2) is 0 Å². The Bertz CT molecular complexity index is 1240. The number of benzene rings is 4. The Kier molecular flexibility index (Phi) is 2.89. The van der Waals surface area contributed by atoms with Crippen molar-refractivity contribution in [2.24, 2.45) is 0 Å². The number of fused-ring (bicyclic) bond motifs is 2. The van der Waals surface area contributed by atoms with Gasteiger partial charge in [-0.25, -0.2) is 0 Å². The van der Waals surface area contributed by atoms with E-state index in [1.54, 1.807) is 0 Å². The zero-order valence-corrected chi connectivity index (χ0v) is 13.2. The minimum absolute atomic E-state index is 1.26. The molecule has 4 aromatic rings. The third-order valence-electron chi connectivity index (χ3n) is 4.85. The van der Waals surface area contributed by atoms with E-state index in [1.165, 1.54) is 43.1 Å². The molecule has 0 nitrogen and oxygen atoms in total. The van der Waals surface area contributed by atoms with Crippen molar-refractivity contribution in [3.8, 4) is 22.3 Å². The highest BCUT2D eigenvalue weighted by atomic mass is 14.1. The summed E-state index contributed by atoms with van der Waals surface area (Å²) in [5, 5.41) is 5.49. The maximum absolute atomic E-state index is 2.25. The summed E-state index contributed by atoms with van der Waals surface area (Å²) in [6.07, 6.45) is 0. The van der Waals surface area contributed by atoms with E-state index in [2.05, 4.69) is 97.1 Å². The zero-order valence-electron chi connectivity index (χ0n) is 13.2. The van der Waals surface area contributed by atoms with Crippen molar-refractivity contribution in [3.05, 3.63) is 118 Å². The van der Waals surface area contributed by atoms with E-state index in [-0.39, 0.29) is 0 Å². The third-order valence-corrected chi connectivity index (χ3v) is 4.85. The minimum atomic E-state index is 1.26. The Labute approximate surface area is 140 Å². The van der Waals surface area contributed by atoms with Gasteiger partial charge >= 0.3 is 0 Å². The molecule has 0 radical (unpaired) electrons. The van der Waals surface area contributed by atoms with Gasteiger partial charge in [-0.05, 0) is 43.1 Å². The van der Waals surface area contributed by atoms with Crippen molar-refractivity contribution in [1.29, 1.82) is 0 Å². The van der Waals surface area contributed by atoms with Crippen LogP contribution in [0.15, 0.2) is 97.1 Å². The van der Waals surface area contributed by atoms with Gasteiger partial charge in [0.25, 0.3) is 0 Å². The van der Waals surface area contributed by atoms with Gasteiger partial charge in [-0.2, -0.15) is 0 Å². The first kappa shape index (κ1) is 13.3. The minimum Gasteiger partial charge on any atom is -0.0622 e. The Hall–Kier alpha value is -3.12. The molecule has 0 bridgehead atoms. The molecule has 0 spiro atoms. The van der Waals surface area contributed by atoms with Crippen LogP contribution in [0, 0.1) is 20.9 Å². The van der Waals surface area contributed by atoms with Gasteiger partial charge in [-0.15, -0.1) is 0 Å². The van der Waals surface area contributed by atoms with E-state index in [9.17, 15) is 0 Å². The van der Waals surface area contributed by atoms with Crippen LogP contribution >= 0.6 is 0 Å². The normalized spacial score (nSPS) is 11.3. The van der Waals surface area contributed by atoms with E-state index < -0.39 is 0 Å². The predicted molar refractivity (Wildman–Crippen MR) is 99.1 cm³/mol. The zero-order chi connectivity index (χ0) is 15.9. The highest BCUT2D eigenvalue weighted by Gasteiger charge is 2.11. The maximum Gasteiger partial charge on any atom is -0.00201 e. The van der Waals surface area contributed by atoms with Crippen molar-refractivity contribution in [1.82, 2.24) is 0 Å². The molecule has 1 aliphatic carbocycles. The standard InChI is InChI=1S/C24H16/c1-2-9-17(10-3-1)18-11-4-5-12-19(18)22-15-8-16-23-20-13-6-7-14-21(20)24(22)23/h1-16H. The first-order valence-corrected chi connectivity index (χ1v) is 8.31. The van der Waals surface area contributed by atoms with Crippen LogP contribution in [0.25, 0.3) is 22.3 Å². The lowest BCUT2D eigenvalue weighted by molar-refractivity contribution is 1.29. The summed E-state index contributed by atoms with van der Waals surface area (Å²) in [7, 11) is 0. The summed E-state index contributed by atoms with van der Waals surface area (Å²) >= 11 is 0. The van der Waals surface area contributed by atoms with Crippen LogP contribution in [0.1, 0.15) is 0 Å². The first-order chi connectivity index (χ1) is 11.9. The molecule has 0 fully saturated rings. The van der Waals surface area contributed by atoms with Crippen LogP contribution in [0.2, 0.25) is 0 Å². The van der Waals surface area contributed by atoms with Gasteiger partial charge in [-0.3, -0.25) is 0 Å². The van der Waals surface area contributed by atoms with Crippen LogP contribution < -0.4 is 0 Å². The molecule has 24 heavy (non-hydrogen) atoms. The van der Waals surface area contributed by atoms with Gasteiger partial charge < -0.3 is 0 Å². The predicted octanol–water partition coefficient (Wildman–Crippen LogP) is 5.91. The molecule has 112 valence electrons. The first-order valence-electron chi connectivity index (χ1n) is 8.31. The molecule has 0 amide bonds. The molecule has 5 rings (SSSR count). The summed E-state index contributed by atoms with van der Waals surface area (Å²) in [5.74, 6) is 0. The van der Waals surface area contributed by atoms with E-state index in [0.717, 1.165) is 0 Å². The lowest BCUT2D eigenvalue weighted by Gasteiger charge is -2.14. The molecule has 0 aromatic heterocycles. The quantitative estimate of drug-likeness (QED) is 0.380. The molecular formula is C24H16. The van der Waals surface area contributed by atoms with E-state index in [1.807, 2.05) is 0 Å². The van der Waals surface area contributed by atoms with Crippen LogP contribution in [0.4, 0.5) is 0 Å². The van der Waals surface area contributed by atoms with Gasteiger partial charge in [-0.1, -0.05) is 97.1 Å². The molecule has 0 aliphatic heterocycles.